The van der Waals surface area contributed by atoms with Crippen LogP contribution in [0, 0.1) is 5.92 Å². The van der Waals surface area contributed by atoms with E-state index >= 15 is 0 Å². The lowest BCUT2D eigenvalue weighted by molar-refractivity contribution is 0.251. The van der Waals surface area contributed by atoms with E-state index < -0.39 is 10.0 Å². The van der Waals surface area contributed by atoms with E-state index in [1.807, 2.05) is 6.92 Å². The van der Waals surface area contributed by atoms with Crippen molar-refractivity contribution in [3.05, 3.63) is 22.9 Å². The first-order valence-electron chi connectivity index (χ1n) is 5.64. The molecular formula is C11H17BrN2O3S. The van der Waals surface area contributed by atoms with Gasteiger partial charge in [-0.25, -0.2) is 13.6 Å². The lowest BCUT2D eigenvalue weighted by Gasteiger charge is -2.15. The van der Waals surface area contributed by atoms with Crippen molar-refractivity contribution in [1.82, 2.24) is 4.98 Å². The molecule has 0 spiro atoms. The normalized spacial score (nSPS) is 13.3. The third-order valence-corrected chi connectivity index (χ3v) is 3.70. The van der Waals surface area contributed by atoms with Crippen LogP contribution >= 0.6 is 15.9 Å². The van der Waals surface area contributed by atoms with Crippen LogP contribution in [-0.2, 0) is 10.0 Å². The van der Waals surface area contributed by atoms with Gasteiger partial charge in [0.05, 0.1) is 18.6 Å². The Labute approximate surface area is 116 Å². The maximum Gasteiger partial charge on any atom is 0.209 e. The van der Waals surface area contributed by atoms with Crippen LogP contribution in [0.1, 0.15) is 19.8 Å². The van der Waals surface area contributed by atoms with E-state index in [4.69, 9.17) is 9.88 Å². The van der Waals surface area contributed by atoms with Crippen LogP contribution in [0.25, 0.3) is 0 Å². The second-order valence-corrected chi connectivity index (χ2v) is 6.71. The summed E-state index contributed by atoms with van der Waals surface area (Å²) in [7, 11) is -3.46. The molecule has 18 heavy (non-hydrogen) atoms. The van der Waals surface area contributed by atoms with Crippen molar-refractivity contribution < 1.29 is 13.2 Å². The molecule has 0 aliphatic rings. The number of nitrogens with zero attached hydrogens (tertiary/aromatic N) is 1. The number of pyridine rings is 1. The van der Waals surface area contributed by atoms with Gasteiger partial charge >= 0.3 is 0 Å². The van der Waals surface area contributed by atoms with E-state index in [1.54, 1.807) is 18.5 Å². The molecule has 0 aliphatic heterocycles. The van der Waals surface area contributed by atoms with Gasteiger partial charge in [0, 0.05) is 16.6 Å². The fraction of sp³-hybridized carbons (Fsp3) is 0.545. The minimum Gasteiger partial charge on any atom is -0.492 e. The zero-order chi connectivity index (χ0) is 13.6. The number of rotatable bonds is 7. The van der Waals surface area contributed by atoms with Crippen LogP contribution in [0.5, 0.6) is 5.75 Å². The highest BCUT2D eigenvalue weighted by molar-refractivity contribution is 9.10. The van der Waals surface area contributed by atoms with Gasteiger partial charge < -0.3 is 4.74 Å². The van der Waals surface area contributed by atoms with Gasteiger partial charge in [-0.3, -0.25) is 4.98 Å². The Morgan fingerprint density at radius 2 is 2.22 bits per heavy atom. The van der Waals surface area contributed by atoms with E-state index in [1.165, 1.54) is 0 Å². The molecule has 5 nitrogen and oxygen atoms in total. The predicted molar refractivity (Wildman–Crippen MR) is 73.8 cm³/mol. The first-order chi connectivity index (χ1) is 8.40. The van der Waals surface area contributed by atoms with Crippen molar-refractivity contribution in [2.45, 2.75) is 19.8 Å². The first kappa shape index (κ1) is 15.4. The van der Waals surface area contributed by atoms with Crippen LogP contribution in [0.15, 0.2) is 22.9 Å². The van der Waals surface area contributed by atoms with Crippen molar-refractivity contribution in [1.29, 1.82) is 0 Å². The molecule has 1 rings (SSSR count). The molecular weight excluding hydrogens is 320 g/mol. The second kappa shape index (κ2) is 7.06. The molecule has 0 fully saturated rings. The molecule has 1 heterocycles. The van der Waals surface area contributed by atoms with Crippen molar-refractivity contribution >= 4 is 26.0 Å². The van der Waals surface area contributed by atoms with Gasteiger partial charge in [-0.15, -0.1) is 0 Å². The van der Waals surface area contributed by atoms with Gasteiger partial charge in [0.1, 0.15) is 5.75 Å². The minimum atomic E-state index is -3.46. The Balaban J connectivity index is 2.57. The van der Waals surface area contributed by atoms with Crippen LogP contribution < -0.4 is 9.88 Å². The number of halogens is 1. The van der Waals surface area contributed by atoms with Gasteiger partial charge in [-0.1, -0.05) is 13.3 Å². The topological polar surface area (TPSA) is 82.3 Å². The van der Waals surface area contributed by atoms with Gasteiger partial charge in [0.25, 0.3) is 0 Å². The van der Waals surface area contributed by atoms with Crippen LogP contribution in [0.3, 0.4) is 0 Å². The zero-order valence-corrected chi connectivity index (χ0v) is 12.6. The number of hydrogen-bond acceptors (Lipinski definition) is 4. The number of ether oxygens (including phenoxy) is 1. The summed E-state index contributed by atoms with van der Waals surface area (Å²) >= 11 is 3.29. The summed E-state index contributed by atoms with van der Waals surface area (Å²) in [5.74, 6) is 0.464. The third-order valence-electron chi connectivity index (χ3n) is 2.33. The highest BCUT2D eigenvalue weighted by atomic mass is 79.9. The number of hydrogen-bond donors (Lipinski definition) is 1. The molecule has 0 aliphatic carbocycles. The molecule has 7 heteroatoms. The van der Waals surface area contributed by atoms with E-state index in [2.05, 4.69) is 20.9 Å². The summed E-state index contributed by atoms with van der Waals surface area (Å²) in [5.41, 5.74) is 0. The Bertz CT molecular complexity index is 479. The molecule has 1 unspecified atom stereocenters. The third kappa shape index (κ3) is 6.32. The van der Waals surface area contributed by atoms with E-state index in [9.17, 15) is 8.42 Å². The average molecular weight is 337 g/mol. The smallest absolute Gasteiger partial charge is 0.209 e. The monoisotopic (exact) mass is 336 g/mol. The molecule has 0 amide bonds. The Morgan fingerprint density at radius 1 is 1.50 bits per heavy atom. The number of primary sulfonamides is 1. The van der Waals surface area contributed by atoms with E-state index in [0.29, 0.717) is 12.4 Å². The molecule has 0 saturated heterocycles. The van der Waals surface area contributed by atoms with Crippen molar-refractivity contribution in [2.24, 2.45) is 11.1 Å². The molecule has 0 saturated carbocycles. The molecule has 2 N–H and O–H groups in total. The number of sulfonamides is 1. The SMILES string of the molecule is CCCC(COc1cncc(Br)c1)CS(N)(=O)=O. The summed E-state index contributed by atoms with van der Waals surface area (Å²) in [6.07, 6.45) is 4.89. The maximum atomic E-state index is 11.1. The second-order valence-electron chi connectivity index (χ2n) is 4.13. The van der Waals surface area contributed by atoms with Crippen molar-refractivity contribution in [2.75, 3.05) is 12.4 Å². The summed E-state index contributed by atoms with van der Waals surface area (Å²) < 4.78 is 28.5. The Morgan fingerprint density at radius 3 is 2.78 bits per heavy atom. The van der Waals surface area contributed by atoms with E-state index in [0.717, 1.165) is 17.3 Å². The number of nitrogens with two attached hydrogens (primary N) is 1. The minimum absolute atomic E-state index is 0.0533. The van der Waals surface area contributed by atoms with Gasteiger partial charge in [-0.2, -0.15) is 0 Å². The summed E-state index contributed by atoms with van der Waals surface area (Å²) in [5, 5.41) is 5.06. The fourth-order valence-corrected chi connectivity index (χ4v) is 2.90. The summed E-state index contributed by atoms with van der Waals surface area (Å²) in [4.78, 5) is 3.97. The zero-order valence-electron chi connectivity index (χ0n) is 10.2. The van der Waals surface area contributed by atoms with Crippen LogP contribution in [0.2, 0.25) is 0 Å². The summed E-state index contributed by atoms with van der Waals surface area (Å²) in [6.45, 7) is 2.32. The fourth-order valence-electron chi connectivity index (χ4n) is 1.64. The largest absolute Gasteiger partial charge is 0.492 e. The Hall–Kier alpha value is -0.660. The molecule has 1 aromatic heterocycles. The average Bonchev–Trinajstić information content (AvgIpc) is 2.24. The molecule has 1 atom stereocenters. The first-order valence-corrected chi connectivity index (χ1v) is 8.15. The van der Waals surface area contributed by atoms with Gasteiger partial charge in [-0.05, 0) is 28.4 Å². The molecule has 0 bridgehead atoms. The highest BCUT2D eigenvalue weighted by Gasteiger charge is 2.16. The van der Waals surface area contributed by atoms with Gasteiger partial charge in [0.2, 0.25) is 10.0 Å². The number of aromatic nitrogens is 1. The van der Waals surface area contributed by atoms with E-state index in [-0.39, 0.29) is 11.7 Å². The Kier molecular flexibility index (Phi) is 6.04. The standard InChI is InChI=1S/C11H17BrN2O3S/c1-2-3-9(8-18(13,15)16)7-17-11-4-10(12)5-14-6-11/h4-6,9H,2-3,7-8H2,1H3,(H2,13,15,16). The quantitative estimate of drug-likeness (QED) is 0.824. The highest BCUT2D eigenvalue weighted by Crippen LogP contribution is 2.18. The molecule has 1 aromatic rings. The van der Waals surface area contributed by atoms with Crippen molar-refractivity contribution in [3.63, 3.8) is 0 Å². The molecule has 102 valence electrons. The van der Waals surface area contributed by atoms with Crippen LogP contribution in [0.4, 0.5) is 0 Å². The molecule has 0 aromatic carbocycles. The maximum absolute atomic E-state index is 11.1. The van der Waals surface area contributed by atoms with Crippen molar-refractivity contribution in [3.8, 4) is 5.75 Å². The predicted octanol–water partition coefficient (Wildman–Crippen LogP) is 1.93. The van der Waals surface area contributed by atoms with Crippen LogP contribution in [-0.4, -0.2) is 25.8 Å². The summed E-state index contributed by atoms with van der Waals surface area (Å²) in [6, 6.07) is 1.78. The lowest BCUT2D eigenvalue weighted by Crippen LogP contribution is -2.27. The van der Waals surface area contributed by atoms with Gasteiger partial charge in [0.15, 0.2) is 0 Å². The lowest BCUT2D eigenvalue weighted by atomic mass is 10.1. The molecule has 0 radical (unpaired) electrons.